The van der Waals surface area contributed by atoms with E-state index >= 15 is 0 Å². The Morgan fingerprint density at radius 3 is 1.97 bits per heavy atom. The highest BCUT2D eigenvalue weighted by atomic mass is 35.5. The van der Waals surface area contributed by atoms with Gasteiger partial charge in [-0.3, -0.25) is 0 Å². The van der Waals surface area contributed by atoms with Crippen molar-refractivity contribution >= 4 is 47.0 Å². The Hall–Kier alpha value is -3.34. The number of hydrogen-bond acceptors (Lipinski definition) is 4. The molecule has 4 nitrogen and oxygen atoms in total. The van der Waals surface area contributed by atoms with Gasteiger partial charge in [-0.25, -0.2) is 10.4 Å². The lowest BCUT2D eigenvalue weighted by molar-refractivity contribution is 0.701. The third kappa shape index (κ3) is 6.33. The Balaban J connectivity index is 1.48. The molecule has 32 heavy (non-hydrogen) atoms. The minimum absolute atomic E-state index is 0.145. The van der Waals surface area contributed by atoms with Crippen molar-refractivity contribution in [2.24, 2.45) is 10.1 Å². The second-order valence-electron chi connectivity index (χ2n) is 7.22. The van der Waals surface area contributed by atoms with Crippen LogP contribution in [0.4, 0.5) is 0 Å². The lowest BCUT2D eigenvalue weighted by Crippen LogP contribution is -2.32. The summed E-state index contributed by atoms with van der Waals surface area (Å²) in [5.41, 5.74) is 7.05. The maximum atomic E-state index is 5.98. The Bertz CT molecular complexity index is 1090. The average Bonchev–Trinajstić information content (AvgIpc) is 3.30. The number of aliphatic imine (C=N–C) groups is 1. The van der Waals surface area contributed by atoms with Crippen LogP contribution in [0.5, 0.6) is 0 Å². The molecular formula is C26H22Cl2N4. The topological polar surface area (TPSA) is 48.8 Å². The van der Waals surface area contributed by atoms with Crippen LogP contribution in [-0.2, 0) is 0 Å². The molecule has 160 valence electrons. The van der Waals surface area contributed by atoms with Crippen molar-refractivity contribution in [1.29, 1.82) is 0 Å². The molecule has 0 radical (unpaired) electrons. The van der Waals surface area contributed by atoms with E-state index in [-0.39, 0.29) is 6.04 Å². The first-order valence-electron chi connectivity index (χ1n) is 10.2. The van der Waals surface area contributed by atoms with Crippen molar-refractivity contribution in [3.05, 3.63) is 118 Å². The molecule has 1 aliphatic heterocycles. The quantitative estimate of drug-likeness (QED) is 0.331. The zero-order chi connectivity index (χ0) is 22.2. The summed E-state index contributed by atoms with van der Waals surface area (Å²) in [4.78, 5) is 4.53. The third-order valence-corrected chi connectivity index (χ3v) is 5.37. The SMILES string of the molecule is Clc1ccc(/C=C/C(/C=C/c2ccc(Cl)cc2)=NNC2=NCC(c3ccccc3)N2)cc1. The number of hydrazone groups is 1. The summed E-state index contributed by atoms with van der Waals surface area (Å²) in [6.07, 6.45) is 7.85. The Labute approximate surface area is 198 Å². The van der Waals surface area contributed by atoms with Crippen LogP contribution in [0, 0.1) is 0 Å². The molecule has 0 saturated heterocycles. The van der Waals surface area contributed by atoms with Gasteiger partial charge in [0.1, 0.15) is 0 Å². The first-order chi connectivity index (χ1) is 15.7. The molecule has 0 aliphatic carbocycles. The van der Waals surface area contributed by atoms with Gasteiger partial charge < -0.3 is 5.32 Å². The zero-order valence-corrected chi connectivity index (χ0v) is 18.8. The molecule has 0 fully saturated rings. The number of nitrogens with one attached hydrogen (secondary N) is 2. The average molecular weight is 461 g/mol. The van der Waals surface area contributed by atoms with Crippen molar-refractivity contribution in [3.63, 3.8) is 0 Å². The first kappa shape index (κ1) is 21.9. The molecule has 0 spiro atoms. The first-order valence-corrected chi connectivity index (χ1v) is 11.0. The molecule has 1 aliphatic rings. The summed E-state index contributed by atoms with van der Waals surface area (Å²) < 4.78 is 0. The van der Waals surface area contributed by atoms with E-state index in [0.717, 1.165) is 16.8 Å². The van der Waals surface area contributed by atoms with Crippen LogP contribution in [0.2, 0.25) is 10.0 Å². The predicted octanol–water partition coefficient (Wildman–Crippen LogP) is 6.37. The van der Waals surface area contributed by atoms with Crippen LogP contribution >= 0.6 is 23.2 Å². The van der Waals surface area contributed by atoms with E-state index in [2.05, 4.69) is 33.0 Å². The van der Waals surface area contributed by atoms with Gasteiger partial charge in [0.15, 0.2) is 0 Å². The van der Waals surface area contributed by atoms with Crippen LogP contribution in [0.3, 0.4) is 0 Å². The predicted molar refractivity (Wildman–Crippen MR) is 136 cm³/mol. The molecule has 3 aromatic carbocycles. The minimum Gasteiger partial charge on any atom is -0.346 e. The fraction of sp³-hybridized carbons (Fsp3) is 0.0769. The Morgan fingerprint density at radius 1 is 0.844 bits per heavy atom. The van der Waals surface area contributed by atoms with E-state index in [1.807, 2.05) is 91.0 Å². The maximum absolute atomic E-state index is 5.98. The van der Waals surface area contributed by atoms with E-state index in [1.54, 1.807) is 0 Å². The fourth-order valence-corrected chi connectivity index (χ4v) is 3.39. The van der Waals surface area contributed by atoms with Gasteiger partial charge >= 0.3 is 0 Å². The lowest BCUT2D eigenvalue weighted by atomic mass is 10.1. The van der Waals surface area contributed by atoms with Gasteiger partial charge in [0.2, 0.25) is 5.96 Å². The standard InChI is InChI=1S/C26H22Cl2N4/c27-22-12-6-19(7-13-22)10-16-24(17-11-20-8-14-23(28)15-9-20)31-32-26-29-18-25(30-26)21-4-2-1-3-5-21/h1-17,25H,18H2,(H2,29,30,32)/b16-10+,17-11+. The minimum atomic E-state index is 0.145. The molecule has 3 aromatic rings. The molecule has 0 bridgehead atoms. The molecular weight excluding hydrogens is 439 g/mol. The number of halogens is 2. The fourth-order valence-electron chi connectivity index (χ4n) is 3.14. The zero-order valence-electron chi connectivity index (χ0n) is 17.2. The lowest BCUT2D eigenvalue weighted by Gasteiger charge is -2.11. The molecule has 0 amide bonds. The monoisotopic (exact) mass is 460 g/mol. The molecule has 4 rings (SSSR count). The van der Waals surface area contributed by atoms with Crippen molar-refractivity contribution in [1.82, 2.24) is 10.7 Å². The van der Waals surface area contributed by atoms with E-state index in [9.17, 15) is 0 Å². The van der Waals surface area contributed by atoms with Crippen LogP contribution in [0.25, 0.3) is 12.2 Å². The summed E-state index contributed by atoms with van der Waals surface area (Å²) >= 11 is 12.0. The van der Waals surface area contributed by atoms with Gasteiger partial charge in [-0.1, -0.05) is 90.0 Å². The van der Waals surface area contributed by atoms with Crippen LogP contribution < -0.4 is 10.7 Å². The molecule has 0 aromatic heterocycles. The smallest absolute Gasteiger partial charge is 0.212 e. The van der Waals surface area contributed by atoms with E-state index < -0.39 is 0 Å². The number of hydrogen-bond donors (Lipinski definition) is 2. The highest BCUT2D eigenvalue weighted by molar-refractivity contribution is 6.30. The maximum Gasteiger partial charge on any atom is 0.212 e. The second-order valence-corrected chi connectivity index (χ2v) is 8.09. The van der Waals surface area contributed by atoms with Gasteiger partial charge in [0.05, 0.1) is 18.3 Å². The Kier molecular flexibility index (Phi) is 7.38. The largest absolute Gasteiger partial charge is 0.346 e. The van der Waals surface area contributed by atoms with Crippen LogP contribution in [0.1, 0.15) is 22.7 Å². The van der Waals surface area contributed by atoms with Gasteiger partial charge in [-0.15, -0.1) is 0 Å². The second kappa shape index (κ2) is 10.8. The number of benzene rings is 3. The summed E-state index contributed by atoms with van der Waals surface area (Å²) in [5, 5.41) is 9.34. The number of allylic oxidation sites excluding steroid dienone is 2. The van der Waals surface area contributed by atoms with Gasteiger partial charge in [-0.05, 0) is 53.1 Å². The van der Waals surface area contributed by atoms with Crippen molar-refractivity contribution < 1.29 is 0 Å². The van der Waals surface area contributed by atoms with E-state index in [4.69, 9.17) is 23.2 Å². The third-order valence-electron chi connectivity index (χ3n) is 4.87. The Morgan fingerprint density at radius 2 is 1.41 bits per heavy atom. The van der Waals surface area contributed by atoms with Crippen molar-refractivity contribution in [3.8, 4) is 0 Å². The van der Waals surface area contributed by atoms with Crippen molar-refractivity contribution in [2.75, 3.05) is 6.54 Å². The van der Waals surface area contributed by atoms with Crippen LogP contribution in [0.15, 0.2) is 101 Å². The highest BCUT2D eigenvalue weighted by Crippen LogP contribution is 2.16. The molecule has 6 heteroatoms. The van der Waals surface area contributed by atoms with Gasteiger partial charge in [0, 0.05) is 10.0 Å². The molecule has 1 heterocycles. The number of guanidine groups is 1. The summed E-state index contributed by atoms with van der Waals surface area (Å²) in [7, 11) is 0. The molecule has 1 atom stereocenters. The van der Waals surface area contributed by atoms with Gasteiger partial charge in [0.25, 0.3) is 0 Å². The molecule has 2 N–H and O–H groups in total. The number of rotatable bonds is 6. The number of nitrogens with zero attached hydrogens (tertiary/aromatic N) is 2. The van der Waals surface area contributed by atoms with E-state index in [1.165, 1.54) is 5.56 Å². The van der Waals surface area contributed by atoms with Crippen LogP contribution in [-0.4, -0.2) is 18.2 Å². The van der Waals surface area contributed by atoms with E-state index in [0.29, 0.717) is 22.5 Å². The van der Waals surface area contributed by atoms with Crippen molar-refractivity contribution in [2.45, 2.75) is 6.04 Å². The molecule has 1 unspecified atom stereocenters. The molecule has 0 saturated carbocycles. The normalized spacial score (nSPS) is 15.6. The summed E-state index contributed by atoms with van der Waals surface area (Å²) in [6, 6.07) is 25.7. The van der Waals surface area contributed by atoms with Gasteiger partial charge in [-0.2, -0.15) is 5.10 Å². The summed E-state index contributed by atoms with van der Waals surface area (Å²) in [5.74, 6) is 0.649. The summed E-state index contributed by atoms with van der Waals surface area (Å²) in [6.45, 7) is 0.665. The highest BCUT2D eigenvalue weighted by Gasteiger charge is 2.18.